The number of nitrogen functional groups attached to an aromatic ring is 1. The molecule has 0 spiro atoms. The predicted molar refractivity (Wildman–Crippen MR) is 76.6 cm³/mol. The lowest BCUT2D eigenvalue weighted by atomic mass is 10.1. The topological polar surface area (TPSA) is 38.5 Å². The summed E-state index contributed by atoms with van der Waals surface area (Å²) in [6.45, 7) is 2.00. The molecule has 0 fully saturated rings. The average molecular weight is 242 g/mol. The van der Waals surface area contributed by atoms with Gasteiger partial charge in [-0.2, -0.15) is 0 Å². The Hall–Kier alpha value is -2.16. The van der Waals surface area contributed by atoms with E-state index in [1.807, 2.05) is 50.4 Å². The Balaban J connectivity index is 2.41. The molecule has 2 aromatic carbocycles. The van der Waals surface area contributed by atoms with Gasteiger partial charge in [0.15, 0.2) is 0 Å². The predicted octanol–water partition coefficient (Wildman–Crippen LogP) is 3.35. The third kappa shape index (κ3) is 2.25. The van der Waals surface area contributed by atoms with E-state index in [2.05, 4.69) is 11.0 Å². The van der Waals surface area contributed by atoms with Crippen LogP contribution in [0.1, 0.15) is 5.56 Å². The molecule has 3 nitrogen and oxygen atoms in total. The van der Waals surface area contributed by atoms with E-state index in [4.69, 9.17) is 10.5 Å². The lowest BCUT2D eigenvalue weighted by Gasteiger charge is -2.22. The van der Waals surface area contributed by atoms with E-state index in [1.165, 1.54) is 0 Å². The molecule has 94 valence electrons. The highest BCUT2D eigenvalue weighted by molar-refractivity contribution is 5.71. The molecule has 0 bridgehead atoms. The van der Waals surface area contributed by atoms with Gasteiger partial charge in [0.25, 0.3) is 0 Å². The van der Waals surface area contributed by atoms with E-state index in [1.54, 1.807) is 7.11 Å². The lowest BCUT2D eigenvalue weighted by molar-refractivity contribution is 0.415. The molecule has 0 aliphatic carbocycles. The van der Waals surface area contributed by atoms with Crippen LogP contribution in [0, 0.1) is 6.92 Å². The van der Waals surface area contributed by atoms with Crippen molar-refractivity contribution >= 4 is 17.1 Å². The number of benzene rings is 2. The van der Waals surface area contributed by atoms with Gasteiger partial charge in [0.1, 0.15) is 5.75 Å². The average Bonchev–Trinajstić information content (AvgIpc) is 2.41. The number of rotatable bonds is 3. The minimum atomic E-state index is 0.800. The van der Waals surface area contributed by atoms with Crippen LogP contribution in [0.15, 0.2) is 42.5 Å². The molecule has 18 heavy (non-hydrogen) atoms. The molecule has 3 heteroatoms. The van der Waals surface area contributed by atoms with Gasteiger partial charge in [-0.1, -0.05) is 18.2 Å². The summed E-state index contributed by atoms with van der Waals surface area (Å²) >= 11 is 0. The SMILES string of the molecule is COc1ccccc1N(C)c1ccc(C)c(N)c1. The van der Waals surface area contributed by atoms with Gasteiger partial charge in [-0.05, 0) is 36.8 Å². The van der Waals surface area contributed by atoms with Gasteiger partial charge < -0.3 is 15.4 Å². The summed E-state index contributed by atoms with van der Waals surface area (Å²) in [5, 5.41) is 0. The maximum Gasteiger partial charge on any atom is 0.142 e. The number of methoxy groups -OCH3 is 1. The first-order valence-corrected chi connectivity index (χ1v) is 5.86. The molecule has 2 rings (SSSR count). The van der Waals surface area contributed by atoms with Crippen molar-refractivity contribution < 1.29 is 4.74 Å². The fourth-order valence-electron chi connectivity index (χ4n) is 1.88. The Bertz CT molecular complexity index is 552. The molecule has 0 aliphatic rings. The number of nitrogens with two attached hydrogens (primary N) is 1. The van der Waals surface area contributed by atoms with Crippen molar-refractivity contribution in [2.45, 2.75) is 6.92 Å². The third-order valence-corrected chi connectivity index (χ3v) is 3.10. The molecule has 0 amide bonds. The summed E-state index contributed by atoms with van der Waals surface area (Å²) < 4.78 is 5.37. The van der Waals surface area contributed by atoms with Gasteiger partial charge in [-0.25, -0.2) is 0 Å². The van der Waals surface area contributed by atoms with E-state index >= 15 is 0 Å². The summed E-state index contributed by atoms with van der Waals surface area (Å²) in [6, 6.07) is 14.0. The zero-order chi connectivity index (χ0) is 13.1. The minimum absolute atomic E-state index is 0.800. The minimum Gasteiger partial charge on any atom is -0.495 e. The van der Waals surface area contributed by atoms with Crippen LogP contribution < -0.4 is 15.4 Å². The van der Waals surface area contributed by atoms with Crippen molar-refractivity contribution in [1.82, 2.24) is 0 Å². The number of nitrogens with zero attached hydrogens (tertiary/aromatic N) is 1. The number of para-hydroxylation sites is 2. The van der Waals surface area contributed by atoms with E-state index in [0.29, 0.717) is 0 Å². The molecule has 0 atom stereocenters. The molecular formula is C15H18N2O. The Kier molecular flexibility index (Phi) is 3.42. The number of aryl methyl sites for hydroxylation is 1. The van der Waals surface area contributed by atoms with Crippen LogP contribution in [0.4, 0.5) is 17.1 Å². The smallest absolute Gasteiger partial charge is 0.142 e. The standard InChI is InChI=1S/C15H18N2O/c1-11-8-9-12(10-13(11)16)17(2)14-6-4-5-7-15(14)18-3/h4-10H,16H2,1-3H3. The number of hydrogen-bond acceptors (Lipinski definition) is 3. The second-order valence-corrected chi connectivity index (χ2v) is 4.27. The molecule has 2 N–H and O–H groups in total. The van der Waals surface area contributed by atoms with Crippen LogP contribution in [0.25, 0.3) is 0 Å². The van der Waals surface area contributed by atoms with Crippen molar-refractivity contribution in [2.24, 2.45) is 0 Å². The first-order chi connectivity index (χ1) is 8.63. The summed E-state index contributed by atoms with van der Waals surface area (Å²) in [5.74, 6) is 0.846. The fraction of sp³-hybridized carbons (Fsp3) is 0.200. The van der Waals surface area contributed by atoms with Crippen molar-refractivity contribution in [1.29, 1.82) is 0 Å². The van der Waals surface area contributed by atoms with Crippen LogP contribution in [0.2, 0.25) is 0 Å². The first-order valence-electron chi connectivity index (χ1n) is 5.86. The Morgan fingerprint density at radius 2 is 1.83 bits per heavy atom. The Morgan fingerprint density at radius 1 is 1.11 bits per heavy atom. The summed E-state index contributed by atoms with van der Waals surface area (Å²) in [6.07, 6.45) is 0. The van der Waals surface area contributed by atoms with Crippen LogP contribution >= 0.6 is 0 Å². The van der Waals surface area contributed by atoms with Gasteiger partial charge in [0.2, 0.25) is 0 Å². The van der Waals surface area contributed by atoms with Gasteiger partial charge >= 0.3 is 0 Å². The quantitative estimate of drug-likeness (QED) is 0.839. The second-order valence-electron chi connectivity index (χ2n) is 4.27. The van der Waals surface area contributed by atoms with E-state index in [0.717, 1.165) is 28.4 Å². The van der Waals surface area contributed by atoms with Crippen LogP contribution in [0.3, 0.4) is 0 Å². The first kappa shape index (κ1) is 12.3. The number of ether oxygens (including phenoxy) is 1. The van der Waals surface area contributed by atoms with E-state index < -0.39 is 0 Å². The van der Waals surface area contributed by atoms with Gasteiger partial charge in [-0.15, -0.1) is 0 Å². The molecule has 0 heterocycles. The molecule has 0 aliphatic heterocycles. The van der Waals surface area contributed by atoms with E-state index in [9.17, 15) is 0 Å². The van der Waals surface area contributed by atoms with Gasteiger partial charge in [0, 0.05) is 18.4 Å². The maximum absolute atomic E-state index is 5.95. The highest BCUT2D eigenvalue weighted by Crippen LogP contribution is 2.33. The van der Waals surface area contributed by atoms with Crippen molar-refractivity contribution in [3.8, 4) is 5.75 Å². The van der Waals surface area contributed by atoms with Crippen molar-refractivity contribution in [2.75, 3.05) is 24.8 Å². The lowest BCUT2D eigenvalue weighted by Crippen LogP contribution is -2.11. The summed E-state index contributed by atoms with van der Waals surface area (Å²) in [7, 11) is 3.68. The number of hydrogen-bond donors (Lipinski definition) is 1. The van der Waals surface area contributed by atoms with Gasteiger partial charge in [0.05, 0.1) is 12.8 Å². The van der Waals surface area contributed by atoms with Crippen LogP contribution in [0.5, 0.6) is 5.75 Å². The Labute approximate surface area is 108 Å². The molecule has 0 saturated carbocycles. The summed E-state index contributed by atoms with van der Waals surface area (Å²) in [5.41, 5.74) is 9.90. The summed E-state index contributed by atoms with van der Waals surface area (Å²) in [4.78, 5) is 2.06. The van der Waals surface area contributed by atoms with Crippen LogP contribution in [-0.4, -0.2) is 14.2 Å². The highest BCUT2D eigenvalue weighted by atomic mass is 16.5. The molecule has 0 aromatic heterocycles. The fourth-order valence-corrected chi connectivity index (χ4v) is 1.88. The van der Waals surface area contributed by atoms with Crippen molar-refractivity contribution in [3.63, 3.8) is 0 Å². The number of anilines is 3. The normalized spacial score (nSPS) is 10.2. The third-order valence-electron chi connectivity index (χ3n) is 3.10. The van der Waals surface area contributed by atoms with Gasteiger partial charge in [-0.3, -0.25) is 0 Å². The Morgan fingerprint density at radius 3 is 2.50 bits per heavy atom. The molecular weight excluding hydrogens is 224 g/mol. The molecule has 0 saturated heterocycles. The zero-order valence-electron chi connectivity index (χ0n) is 11.0. The maximum atomic E-state index is 5.95. The van der Waals surface area contributed by atoms with E-state index in [-0.39, 0.29) is 0 Å². The highest BCUT2D eigenvalue weighted by Gasteiger charge is 2.09. The largest absolute Gasteiger partial charge is 0.495 e. The molecule has 0 unspecified atom stereocenters. The van der Waals surface area contributed by atoms with Crippen molar-refractivity contribution in [3.05, 3.63) is 48.0 Å². The second kappa shape index (κ2) is 5.00. The van der Waals surface area contributed by atoms with Crippen LogP contribution in [-0.2, 0) is 0 Å². The monoisotopic (exact) mass is 242 g/mol. The molecule has 0 radical (unpaired) electrons. The molecule has 2 aromatic rings. The zero-order valence-corrected chi connectivity index (χ0v) is 11.0.